The number of amides is 1. The molecular weight excluding hydrogens is 260 g/mol. The van der Waals surface area contributed by atoms with Crippen molar-refractivity contribution < 1.29 is 24.4 Å². The van der Waals surface area contributed by atoms with Gasteiger partial charge in [0, 0.05) is 0 Å². The molecule has 20 heavy (non-hydrogen) atoms. The van der Waals surface area contributed by atoms with Crippen LogP contribution in [0.15, 0.2) is 0 Å². The molecule has 1 saturated heterocycles. The van der Waals surface area contributed by atoms with Crippen LogP contribution in [0, 0.1) is 0 Å². The standard InChI is InChI=1S/C14H26N2O4/c1-13(2,3)19-11(17)10-9-16(8-7-15-10)12(18)20-14(4,5)6/h10,15H,7-9H2,1-6H3/p+1/t10-/m0/s1. The van der Waals surface area contributed by atoms with E-state index in [9.17, 15) is 9.59 Å². The van der Waals surface area contributed by atoms with E-state index < -0.39 is 11.2 Å². The van der Waals surface area contributed by atoms with E-state index in [0.717, 1.165) is 0 Å². The fraction of sp³-hybridized carbons (Fsp3) is 0.857. The van der Waals surface area contributed by atoms with Crippen molar-refractivity contribution in [1.29, 1.82) is 0 Å². The minimum absolute atomic E-state index is 0.286. The van der Waals surface area contributed by atoms with Crippen LogP contribution in [0.4, 0.5) is 4.79 Å². The van der Waals surface area contributed by atoms with Crippen molar-refractivity contribution in [2.45, 2.75) is 58.8 Å². The highest BCUT2D eigenvalue weighted by atomic mass is 16.6. The number of carbonyl (C=O) groups excluding carboxylic acids is 2. The van der Waals surface area contributed by atoms with Gasteiger partial charge in [0.2, 0.25) is 6.04 Å². The largest absolute Gasteiger partial charge is 0.456 e. The zero-order valence-electron chi connectivity index (χ0n) is 13.4. The first-order chi connectivity index (χ1) is 8.98. The third-order valence-electron chi connectivity index (χ3n) is 2.63. The maximum Gasteiger partial charge on any atom is 0.410 e. The first kappa shape index (κ1) is 16.8. The molecule has 1 amide bonds. The van der Waals surface area contributed by atoms with Gasteiger partial charge in [-0.15, -0.1) is 0 Å². The van der Waals surface area contributed by atoms with Crippen LogP contribution in [0.2, 0.25) is 0 Å². The molecule has 0 bridgehead atoms. The molecule has 2 N–H and O–H groups in total. The van der Waals surface area contributed by atoms with Crippen molar-refractivity contribution in [3.05, 3.63) is 0 Å². The lowest BCUT2D eigenvalue weighted by Gasteiger charge is -2.32. The Balaban J connectivity index is 2.58. The lowest BCUT2D eigenvalue weighted by Crippen LogP contribution is -2.97. The lowest BCUT2D eigenvalue weighted by molar-refractivity contribution is -0.686. The Kier molecular flexibility index (Phi) is 5.02. The molecule has 1 fully saturated rings. The molecule has 0 radical (unpaired) electrons. The molecular formula is C14H27N2O4+. The maximum atomic E-state index is 12.0. The van der Waals surface area contributed by atoms with E-state index in [1.165, 1.54) is 0 Å². The maximum absolute atomic E-state index is 12.0. The zero-order valence-corrected chi connectivity index (χ0v) is 13.4. The van der Waals surface area contributed by atoms with Crippen LogP contribution < -0.4 is 5.32 Å². The Morgan fingerprint density at radius 1 is 1.05 bits per heavy atom. The van der Waals surface area contributed by atoms with Crippen LogP contribution in [-0.2, 0) is 14.3 Å². The van der Waals surface area contributed by atoms with Gasteiger partial charge in [-0.2, -0.15) is 0 Å². The SMILES string of the molecule is CC(C)(C)OC(=O)[C@@H]1CN(C(=O)OC(C)(C)C)CC[NH2+]1. The Labute approximate surface area is 120 Å². The Morgan fingerprint density at radius 3 is 2.10 bits per heavy atom. The van der Waals surface area contributed by atoms with E-state index in [4.69, 9.17) is 9.47 Å². The van der Waals surface area contributed by atoms with Gasteiger partial charge in [-0.05, 0) is 41.5 Å². The molecule has 0 aromatic carbocycles. The number of carbonyl (C=O) groups is 2. The minimum Gasteiger partial charge on any atom is -0.456 e. The van der Waals surface area contributed by atoms with E-state index in [1.54, 1.807) is 4.90 Å². The van der Waals surface area contributed by atoms with Crippen molar-refractivity contribution in [2.24, 2.45) is 0 Å². The van der Waals surface area contributed by atoms with Gasteiger partial charge >= 0.3 is 12.1 Å². The van der Waals surface area contributed by atoms with Gasteiger partial charge in [0.05, 0.1) is 19.6 Å². The fourth-order valence-corrected chi connectivity index (χ4v) is 1.88. The second-order valence-electron chi connectivity index (χ2n) is 7.09. The minimum atomic E-state index is -0.528. The van der Waals surface area contributed by atoms with Crippen LogP contribution in [-0.4, -0.2) is 53.8 Å². The summed E-state index contributed by atoms with van der Waals surface area (Å²) in [4.78, 5) is 25.6. The van der Waals surface area contributed by atoms with Gasteiger partial charge in [-0.3, -0.25) is 4.90 Å². The number of ether oxygens (including phenoxy) is 2. The van der Waals surface area contributed by atoms with E-state index in [0.29, 0.717) is 19.6 Å². The number of quaternary nitrogens is 1. The summed E-state index contributed by atoms with van der Waals surface area (Å²) in [7, 11) is 0. The van der Waals surface area contributed by atoms with Crippen molar-refractivity contribution >= 4 is 12.1 Å². The fourth-order valence-electron chi connectivity index (χ4n) is 1.88. The van der Waals surface area contributed by atoms with E-state index in [-0.39, 0.29) is 18.1 Å². The summed E-state index contributed by atoms with van der Waals surface area (Å²) in [6.07, 6.45) is -0.376. The zero-order chi connectivity index (χ0) is 15.6. The first-order valence-corrected chi connectivity index (χ1v) is 7.02. The Bertz CT molecular complexity index is 334. The molecule has 0 aromatic heterocycles. The Hall–Kier alpha value is -1.30. The van der Waals surface area contributed by atoms with Crippen molar-refractivity contribution in [2.75, 3.05) is 19.6 Å². The lowest BCUT2D eigenvalue weighted by atomic mass is 10.1. The molecule has 116 valence electrons. The number of nitrogens with zero attached hydrogens (tertiary/aromatic N) is 1. The predicted molar refractivity (Wildman–Crippen MR) is 74.2 cm³/mol. The monoisotopic (exact) mass is 287 g/mol. The molecule has 1 aliphatic rings. The van der Waals surface area contributed by atoms with Crippen molar-refractivity contribution in [1.82, 2.24) is 4.90 Å². The highest BCUT2D eigenvalue weighted by Gasteiger charge is 2.36. The summed E-state index contributed by atoms with van der Waals surface area (Å²) in [5.74, 6) is -0.286. The quantitative estimate of drug-likeness (QED) is 0.713. The highest BCUT2D eigenvalue weighted by molar-refractivity contribution is 5.76. The van der Waals surface area contributed by atoms with Gasteiger partial charge in [-0.25, -0.2) is 9.59 Å². The summed E-state index contributed by atoms with van der Waals surface area (Å²) in [6, 6.07) is -0.379. The summed E-state index contributed by atoms with van der Waals surface area (Å²) in [5.41, 5.74) is -1.04. The number of hydrogen-bond donors (Lipinski definition) is 1. The molecule has 1 aliphatic heterocycles. The van der Waals surface area contributed by atoms with Crippen molar-refractivity contribution in [3.63, 3.8) is 0 Å². The average molecular weight is 287 g/mol. The molecule has 6 heteroatoms. The van der Waals surface area contributed by atoms with E-state index in [2.05, 4.69) is 0 Å². The highest BCUT2D eigenvalue weighted by Crippen LogP contribution is 2.12. The van der Waals surface area contributed by atoms with Crippen LogP contribution >= 0.6 is 0 Å². The summed E-state index contributed by atoms with van der Waals surface area (Å²) in [5, 5.41) is 1.91. The molecule has 1 atom stereocenters. The number of nitrogens with two attached hydrogens (primary N) is 1. The summed E-state index contributed by atoms with van der Waals surface area (Å²) in [6.45, 7) is 12.5. The van der Waals surface area contributed by atoms with Crippen LogP contribution in [0.1, 0.15) is 41.5 Å². The third kappa shape index (κ3) is 5.77. The predicted octanol–water partition coefficient (Wildman–Crippen LogP) is 0.511. The van der Waals surface area contributed by atoms with Gasteiger partial charge in [0.1, 0.15) is 11.2 Å². The summed E-state index contributed by atoms with van der Waals surface area (Å²) >= 11 is 0. The number of rotatable bonds is 1. The summed E-state index contributed by atoms with van der Waals surface area (Å²) < 4.78 is 10.7. The molecule has 0 unspecified atom stereocenters. The van der Waals surface area contributed by atoms with Crippen LogP contribution in [0.5, 0.6) is 0 Å². The van der Waals surface area contributed by atoms with Crippen LogP contribution in [0.25, 0.3) is 0 Å². The van der Waals surface area contributed by atoms with E-state index >= 15 is 0 Å². The molecule has 0 aromatic rings. The van der Waals surface area contributed by atoms with Crippen LogP contribution in [0.3, 0.4) is 0 Å². The second kappa shape index (κ2) is 5.99. The Morgan fingerprint density at radius 2 is 1.60 bits per heavy atom. The van der Waals surface area contributed by atoms with Crippen molar-refractivity contribution in [3.8, 4) is 0 Å². The average Bonchev–Trinajstić information content (AvgIpc) is 2.24. The molecule has 0 aliphatic carbocycles. The number of hydrogen-bond acceptors (Lipinski definition) is 4. The van der Waals surface area contributed by atoms with Gasteiger partial charge in [0.25, 0.3) is 0 Å². The van der Waals surface area contributed by atoms with Gasteiger partial charge < -0.3 is 14.8 Å². The molecule has 1 heterocycles. The molecule has 6 nitrogen and oxygen atoms in total. The number of piperazine rings is 1. The molecule has 1 rings (SSSR count). The normalized spacial score (nSPS) is 20.5. The number of esters is 1. The second-order valence-corrected chi connectivity index (χ2v) is 7.09. The van der Waals surface area contributed by atoms with Gasteiger partial charge in [-0.1, -0.05) is 0 Å². The topological polar surface area (TPSA) is 72.5 Å². The molecule has 0 spiro atoms. The smallest absolute Gasteiger partial charge is 0.410 e. The van der Waals surface area contributed by atoms with E-state index in [1.807, 2.05) is 46.9 Å². The third-order valence-corrected chi connectivity index (χ3v) is 2.63. The van der Waals surface area contributed by atoms with Gasteiger partial charge in [0.15, 0.2) is 0 Å². The molecule has 0 saturated carbocycles. The first-order valence-electron chi connectivity index (χ1n) is 7.02.